The fourth-order valence-electron chi connectivity index (χ4n) is 1.43. The van der Waals surface area contributed by atoms with Crippen LogP contribution in [0.3, 0.4) is 0 Å². The Morgan fingerprint density at radius 3 is 2.50 bits per heavy atom. The van der Waals surface area contributed by atoms with Gasteiger partial charge in [-0.3, -0.25) is 4.79 Å². The first kappa shape index (κ1) is 13.0. The first-order valence-electron chi connectivity index (χ1n) is 5.03. The van der Waals surface area contributed by atoms with Gasteiger partial charge in [0.15, 0.2) is 0 Å². The van der Waals surface area contributed by atoms with E-state index in [-0.39, 0.29) is 11.7 Å². The van der Waals surface area contributed by atoms with E-state index in [4.69, 9.17) is 0 Å². The number of carbonyl (C=O) groups excluding carboxylic acids is 1. The summed E-state index contributed by atoms with van der Waals surface area (Å²) in [5, 5.41) is 9.59. The molecule has 1 amide bonds. The van der Waals surface area contributed by atoms with Gasteiger partial charge in [-0.05, 0) is 19.9 Å². The van der Waals surface area contributed by atoms with Gasteiger partial charge in [0.2, 0.25) is 5.91 Å². The summed E-state index contributed by atoms with van der Waals surface area (Å²) in [4.78, 5) is 13.5. The molecule has 16 heavy (non-hydrogen) atoms. The van der Waals surface area contributed by atoms with Gasteiger partial charge in [-0.1, -0.05) is 34.1 Å². The molecule has 0 radical (unpaired) electrons. The molecule has 3 nitrogen and oxygen atoms in total. The van der Waals surface area contributed by atoms with Crippen molar-refractivity contribution in [1.82, 2.24) is 4.90 Å². The van der Waals surface area contributed by atoms with Crippen LogP contribution in [0, 0.1) is 0 Å². The number of nitrogens with zero attached hydrogens (tertiary/aromatic N) is 1. The van der Waals surface area contributed by atoms with Gasteiger partial charge < -0.3 is 10.0 Å². The third-order valence-electron chi connectivity index (χ3n) is 2.25. The predicted molar refractivity (Wildman–Crippen MR) is 67.6 cm³/mol. The number of carbonyl (C=O) groups is 1. The fraction of sp³-hybridized carbons (Fsp3) is 0.417. The highest BCUT2D eigenvalue weighted by molar-refractivity contribution is 9.10. The minimum absolute atomic E-state index is 0.0178. The molecule has 0 unspecified atom stereocenters. The lowest BCUT2D eigenvalue weighted by molar-refractivity contribution is -0.131. The van der Waals surface area contributed by atoms with Crippen molar-refractivity contribution in [2.24, 2.45) is 0 Å². The van der Waals surface area contributed by atoms with E-state index < -0.39 is 4.32 Å². The molecule has 0 saturated heterocycles. The second-order valence-corrected chi connectivity index (χ2v) is 6.24. The summed E-state index contributed by atoms with van der Waals surface area (Å²) in [7, 11) is 1.72. The Morgan fingerprint density at radius 1 is 1.44 bits per heavy atom. The number of aromatic hydroxyl groups is 1. The number of phenolic OH excluding ortho intramolecular Hbond substituents is 1. The maximum Gasteiger partial charge on any atom is 0.238 e. The molecule has 0 aliphatic carbocycles. The molecule has 0 aliphatic rings. The van der Waals surface area contributed by atoms with Crippen LogP contribution in [0.5, 0.6) is 5.75 Å². The number of halogens is 1. The number of amides is 1. The number of para-hydroxylation sites is 1. The number of alkyl halides is 1. The third-order valence-corrected chi connectivity index (χ3v) is 2.59. The van der Waals surface area contributed by atoms with Crippen molar-refractivity contribution in [1.29, 1.82) is 0 Å². The second-order valence-electron chi connectivity index (χ2n) is 4.26. The molecule has 0 saturated carbocycles. The molecule has 0 fully saturated rings. The Labute approximate surface area is 104 Å². The van der Waals surface area contributed by atoms with Gasteiger partial charge in [-0.2, -0.15) is 0 Å². The van der Waals surface area contributed by atoms with Crippen molar-refractivity contribution in [2.75, 3.05) is 7.05 Å². The number of rotatable bonds is 3. The number of hydrogen-bond donors (Lipinski definition) is 1. The molecular formula is C12H16BrNO2. The average molecular weight is 286 g/mol. The molecular weight excluding hydrogens is 270 g/mol. The molecule has 1 N–H and O–H groups in total. The van der Waals surface area contributed by atoms with Gasteiger partial charge >= 0.3 is 0 Å². The van der Waals surface area contributed by atoms with Crippen molar-refractivity contribution in [3.63, 3.8) is 0 Å². The molecule has 0 spiro atoms. The lowest BCUT2D eigenvalue weighted by Crippen LogP contribution is -2.38. The maximum absolute atomic E-state index is 11.9. The van der Waals surface area contributed by atoms with Crippen LogP contribution < -0.4 is 0 Å². The van der Waals surface area contributed by atoms with Gasteiger partial charge in [-0.25, -0.2) is 0 Å². The minimum Gasteiger partial charge on any atom is -0.508 e. The maximum atomic E-state index is 11.9. The van der Waals surface area contributed by atoms with Gasteiger partial charge in [0.25, 0.3) is 0 Å². The van der Waals surface area contributed by atoms with Crippen molar-refractivity contribution >= 4 is 21.8 Å². The molecule has 1 aromatic rings. The molecule has 0 aromatic heterocycles. The quantitative estimate of drug-likeness (QED) is 0.867. The smallest absolute Gasteiger partial charge is 0.238 e. The van der Waals surface area contributed by atoms with Crippen molar-refractivity contribution in [3.8, 4) is 5.75 Å². The van der Waals surface area contributed by atoms with Crippen LogP contribution in [0.25, 0.3) is 0 Å². The zero-order valence-corrected chi connectivity index (χ0v) is 11.3. The van der Waals surface area contributed by atoms with Gasteiger partial charge in [0.1, 0.15) is 5.75 Å². The second kappa shape index (κ2) is 4.87. The Balaban J connectivity index is 2.76. The molecule has 0 aliphatic heterocycles. The summed E-state index contributed by atoms with van der Waals surface area (Å²) in [6.07, 6.45) is 0. The third kappa shape index (κ3) is 3.23. The summed E-state index contributed by atoms with van der Waals surface area (Å²) in [6, 6.07) is 7.02. The van der Waals surface area contributed by atoms with Crippen LogP contribution in [0.15, 0.2) is 24.3 Å². The van der Waals surface area contributed by atoms with E-state index in [0.29, 0.717) is 6.54 Å². The summed E-state index contributed by atoms with van der Waals surface area (Å²) >= 11 is 3.32. The Kier molecular flexibility index (Phi) is 3.97. The van der Waals surface area contributed by atoms with E-state index in [1.54, 1.807) is 44.0 Å². The minimum atomic E-state index is -0.577. The Bertz CT molecular complexity index is 385. The van der Waals surface area contributed by atoms with Crippen LogP contribution in [-0.2, 0) is 11.3 Å². The molecule has 0 atom stereocenters. The highest BCUT2D eigenvalue weighted by Gasteiger charge is 2.27. The summed E-state index contributed by atoms with van der Waals surface area (Å²) in [5.41, 5.74) is 0.745. The number of phenols is 1. The van der Waals surface area contributed by atoms with Crippen molar-refractivity contribution in [2.45, 2.75) is 24.7 Å². The van der Waals surface area contributed by atoms with Gasteiger partial charge in [-0.15, -0.1) is 0 Å². The summed E-state index contributed by atoms with van der Waals surface area (Å²) < 4.78 is -0.577. The normalized spacial score (nSPS) is 11.2. The highest BCUT2D eigenvalue weighted by atomic mass is 79.9. The zero-order valence-electron chi connectivity index (χ0n) is 9.70. The van der Waals surface area contributed by atoms with Crippen LogP contribution in [0.2, 0.25) is 0 Å². The lowest BCUT2D eigenvalue weighted by Gasteiger charge is -2.24. The molecule has 1 aromatic carbocycles. The van der Waals surface area contributed by atoms with E-state index in [1.807, 2.05) is 6.07 Å². The first-order chi connectivity index (χ1) is 7.32. The predicted octanol–water partition coefficient (Wildman–Crippen LogP) is 2.52. The van der Waals surface area contributed by atoms with Crippen molar-refractivity contribution < 1.29 is 9.90 Å². The van der Waals surface area contributed by atoms with Gasteiger partial charge in [0, 0.05) is 19.2 Å². The van der Waals surface area contributed by atoms with Crippen molar-refractivity contribution in [3.05, 3.63) is 29.8 Å². The molecule has 0 heterocycles. The summed E-state index contributed by atoms with van der Waals surface area (Å²) in [6.45, 7) is 4.01. The Hall–Kier alpha value is -1.03. The van der Waals surface area contributed by atoms with E-state index in [0.717, 1.165) is 5.56 Å². The number of benzene rings is 1. The lowest BCUT2D eigenvalue weighted by atomic mass is 10.1. The average Bonchev–Trinajstić information content (AvgIpc) is 2.19. The largest absolute Gasteiger partial charge is 0.508 e. The molecule has 0 bridgehead atoms. The van der Waals surface area contributed by atoms with E-state index in [2.05, 4.69) is 15.9 Å². The fourth-order valence-corrected chi connectivity index (χ4v) is 1.73. The standard InChI is InChI=1S/C12H16BrNO2/c1-12(2,13)11(16)14(3)8-9-6-4-5-7-10(9)15/h4-7,15H,8H2,1-3H3. The van der Waals surface area contributed by atoms with Crippen LogP contribution in [0.1, 0.15) is 19.4 Å². The van der Waals surface area contributed by atoms with E-state index in [9.17, 15) is 9.90 Å². The molecule has 4 heteroatoms. The Morgan fingerprint density at radius 2 is 2.00 bits per heavy atom. The van der Waals surface area contributed by atoms with E-state index >= 15 is 0 Å². The molecule has 1 rings (SSSR count). The SMILES string of the molecule is CN(Cc1ccccc1O)C(=O)C(C)(C)Br. The van der Waals surface area contributed by atoms with Gasteiger partial charge in [0.05, 0.1) is 4.32 Å². The molecule has 88 valence electrons. The van der Waals surface area contributed by atoms with Crippen LogP contribution in [0.4, 0.5) is 0 Å². The summed E-state index contributed by atoms with van der Waals surface area (Å²) in [5.74, 6) is 0.199. The van der Waals surface area contributed by atoms with Crippen LogP contribution >= 0.6 is 15.9 Å². The number of hydrogen-bond acceptors (Lipinski definition) is 2. The first-order valence-corrected chi connectivity index (χ1v) is 5.83. The topological polar surface area (TPSA) is 40.5 Å². The van der Waals surface area contributed by atoms with Crippen LogP contribution in [-0.4, -0.2) is 27.3 Å². The zero-order chi connectivity index (χ0) is 12.3. The van der Waals surface area contributed by atoms with E-state index in [1.165, 1.54) is 0 Å². The monoisotopic (exact) mass is 285 g/mol. The highest BCUT2D eigenvalue weighted by Crippen LogP contribution is 2.22.